The van der Waals surface area contributed by atoms with Crippen molar-refractivity contribution < 1.29 is 4.39 Å². The maximum Gasteiger partial charge on any atom is 0.124 e. The highest BCUT2D eigenvalue weighted by Crippen LogP contribution is 2.40. The number of thiophene rings is 1. The zero-order chi connectivity index (χ0) is 14.2. The van der Waals surface area contributed by atoms with E-state index in [2.05, 4.69) is 71.4 Å². The van der Waals surface area contributed by atoms with Gasteiger partial charge < -0.3 is 0 Å². The normalized spacial score (nSPS) is 13.6. The second-order valence-electron chi connectivity index (χ2n) is 5.48. The van der Waals surface area contributed by atoms with Crippen LogP contribution in [0.25, 0.3) is 0 Å². The highest BCUT2D eigenvalue weighted by Gasteiger charge is 2.20. The van der Waals surface area contributed by atoms with Gasteiger partial charge in [0.25, 0.3) is 0 Å². The van der Waals surface area contributed by atoms with Gasteiger partial charge in [0, 0.05) is 13.3 Å². The molecule has 2 rings (SSSR count). The number of halogens is 3. The Bertz CT molecular complexity index is 586. The maximum absolute atomic E-state index is 13.2. The van der Waals surface area contributed by atoms with E-state index < -0.39 is 0 Å². The second kappa shape index (κ2) is 5.82. The maximum atomic E-state index is 13.2. The molecular weight excluding hydrogens is 438 g/mol. The third-order valence-electron chi connectivity index (χ3n) is 2.85. The molecule has 1 aromatic carbocycles. The lowest BCUT2D eigenvalue weighted by atomic mass is 9.95. The van der Waals surface area contributed by atoms with Crippen molar-refractivity contribution in [3.05, 3.63) is 55.0 Å². The van der Waals surface area contributed by atoms with Crippen molar-refractivity contribution >= 4 is 49.9 Å². The quantitative estimate of drug-likeness (QED) is 0.372. The molecule has 0 aliphatic carbocycles. The monoisotopic (exact) mass is 452 g/mol. The van der Waals surface area contributed by atoms with E-state index in [1.165, 1.54) is 15.8 Å². The molecule has 4 heteroatoms. The molecule has 0 bridgehead atoms. The molecule has 19 heavy (non-hydrogen) atoms. The highest BCUT2D eigenvalue weighted by molar-refractivity contribution is 14.1. The average Bonchev–Trinajstić information content (AvgIpc) is 2.76. The molecular formula is C15H15BrFIS. The van der Waals surface area contributed by atoms with Crippen LogP contribution in [0.1, 0.15) is 40.9 Å². The molecule has 0 fully saturated rings. The standard InChI is InChI=1S/C15H15BrFIS/c1-15(2,3)13-7-6-12(19-13)14(16)10-5-4-9(17)8-11(10)18/h4-8,14H,1-3H3. The molecule has 0 amide bonds. The van der Waals surface area contributed by atoms with E-state index in [-0.39, 0.29) is 16.1 Å². The van der Waals surface area contributed by atoms with Gasteiger partial charge in [-0.25, -0.2) is 4.39 Å². The van der Waals surface area contributed by atoms with Gasteiger partial charge in [-0.2, -0.15) is 0 Å². The van der Waals surface area contributed by atoms with Gasteiger partial charge in [-0.05, 0) is 57.8 Å². The Labute approximate surface area is 139 Å². The summed E-state index contributed by atoms with van der Waals surface area (Å²) in [6.45, 7) is 6.65. The molecule has 1 atom stereocenters. The van der Waals surface area contributed by atoms with Crippen molar-refractivity contribution in [3.8, 4) is 0 Å². The predicted octanol–water partition coefficient (Wildman–Crippen LogP) is 6.27. The molecule has 0 saturated heterocycles. The minimum absolute atomic E-state index is 0.126. The van der Waals surface area contributed by atoms with E-state index in [9.17, 15) is 4.39 Å². The van der Waals surface area contributed by atoms with Gasteiger partial charge in [0.2, 0.25) is 0 Å². The first-order chi connectivity index (χ1) is 8.79. The topological polar surface area (TPSA) is 0 Å². The van der Waals surface area contributed by atoms with E-state index >= 15 is 0 Å². The minimum Gasteiger partial charge on any atom is -0.207 e. The molecule has 1 unspecified atom stereocenters. The van der Waals surface area contributed by atoms with Crippen LogP contribution in [0.2, 0.25) is 0 Å². The summed E-state index contributed by atoms with van der Waals surface area (Å²) in [7, 11) is 0. The minimum atomic E-state index is -0.186. The molecule has 0 radical (unpaired) electrons. The Morgan fingerprint density at radius 2 is 1.89 bits per heavy atom. The van der Waals surface area contributed by atoms with Crippen molar-refractivity contribution in [1.82, 2.24) is 0 Å². The van der Waals surface area contributed by atoms with Gasteiger partial charge in [0.1, 0.15) is 5.82 Å². The van der Waals surface area contributed by atoms with Crippen LogP contribution in [-0.2, 0) is 5.41 Å². The third kappa shape index (κ3) is 3.58. The Kier molecular flexibility index (Phi) is 4.73. The third-order valence-corrected chi connectivity index (χ3v) is 6.65. The fourth-order valence-electron chi connectivity index (χ4n) is 1.75. The number of rotatable bonds is 2. The first-order valence-corrected chi connectivity index (χ1v) is 8.79. The molecule has 0 spiro atoms. The smallest absolute Gasteiger partial charge is 0.124 e. The summed E-state index contributed by atoms with van der Waals surface area (Å²) in [5.41, 5.74) is 1.29. The van der Waals surface area contributed by atoms with E-state index in [0.29, 0.717) is 0 Å². The van der Waals surface area contributed by atoms with Gasteiger partial charge in [-0.1, -0.05) is 42.8 Å². The Balaban J connectivity index is 2.34. The molecule has 0 aliphatic rings. The Morgan fingerprint density at radius 1 is 1.21 bits per heavy atom. The molecule has 1 heterocycles. The van der Waals surface area contributed by atoms with Gasteiger partial charge in [-0.3, -0.25) is 0 Å². The lowest BCUT2D eigenvalue weighted by Crippen LogP contribution is -2.07. The lowest BCUT2D eigenvalue weighted by molar-refractivity contribution is 0.604. The second-order valence-corrected chi connectivity index (χ2v) is 8.67. The van der Waals surface area contributed by atoms with Gasteiger partial charge in [-0.15, -0.1) is 11.3 Å². The SMILES string of the molecule is CC(C)(C)c1ccc(C(Br)c2ccc(F)cc2I)s1. The van der Waals surface area contributed by atoms with Crippen molar-refractivity contribution in [2.24, 2.45) is 0 Å². The van der Waals surface area contributed by atoms with Crippen molar-refractivity contribution in [3.63, 3.8) is 0 Å². The molecule has 102 valence electrons. The summed E-state index contributed by atoms with van der Waals surface area (Å²) in [5, 5.41) is 0. The van der Waals surface area contributed by atoms with E-state index in [0.717, 1.165) is 9.13 Å². The van der Waals surface area contributed by atoms with Crippen molar-refractivity contribution in [2.45, 2.75) is 31.0 Å². The lowest BCUT2D eigenvalue weighted by Gasteiger charge is -2.16. The number of alkyl halides is 1. The van der Waals surface area contributed by atoms with Gasteiger partial charge in [0.05, 0.1) is 4.83 Å². The molecule has 0 N–H and O–H groups in total. The van der Waals surface area contributed by atoms with Crippen molar-refractivity contribution in [1.29, 1.82) is 0 Å². The zero-order valence-electron chi connectivity index (χ0n) is 11.0. The first kappa shape index (κ1) is 15.4. The summed E-state index contributed by atoms with van der Waals surface area (Å²) in [4.78, 5) is 2.75. The summed E-state index contributed by atoms with van der Waals surface area (Å²) < 4.78 is 14.1. The summed E-state index contributed by atoms with van der Waals surface area (Å²) >= 11 is 7.73. The number of hydrogen-bond acceptors (Lipinski definition) is 1. The van der Waals surface area contributed by atoms with Crippen LogP contribution in [0.5, 0.6) is 0 Å². The summed E-state index contributed by atoms with van der Waals surface area (Å²) in [6, 6.07) is 9.29. The molecule has 2 aromatic rings. The number of benzene rings is 1. The average molecular weight is 453 g/mol. The Morgan fingerprint density at radius 3 is 2.42 bits per heavy atom. The molecule has 1 aromatic heterocycles. The van der Waals surface area contributed by atoms with E-state index in [1.807, 2.05) is 17.4 Å². The molecule has 0 nitrogen and oxygen atoms in total. The van der Waals surface area contributed by atoms with Crippen molar-refractivity contribution in [2.75, 3.05) is 0 Å². The Hall–Kier alpha value is 0.0600. The van der Waals surface area contributed by atoms with Crippen LogP contribution >= 0.6 is 49.9 Å². The summed E-state index contributed by atoms with van der Waals surface area (Å²) in [6.07, 6.45) is 0. The zero-order valence-corrected chi connectivity index (χ0v) is 15.6. The fourth-order valence-corrected chi connectivity index (χ4v) is 4.86. The summed E-state index contributed by atoms with van der Waals surface area (Å²) in [5.74, 6) is -0.186. The highest BCUT2D eigenvalue weighted by atomic mass is 127. The predicted molar refractivity (Wildman–Crippen MR) is 92.9 cm³/mol. The van der Waals surface area contributed by atoms with E-state index in [1.54, 1.807) is 6.07 Å². The molecule has 0 saturated carbocycles. The van der Waals surface area contributed by atoms with Crippen LogP contribution in [0, 0.1) is 9.39 Å². The fraction of sp³-hybridized carbons (Fsp3) is 0.333. The van der Waals surface area contributed by atoms with Crippen LogP contribution < -0.4 is 0 Å². The van der Waals surface area contributed by atoms with E-state index in [4.69, 9.17) is 0 Å². The van der Waals surface area contributed by atoms with Gasteiger partial charge in [0.15, 0.2) is 0 Å². The van der Waals surface area contributed by atoms with Crippen LogP contribution in [0.4, 0.5) is 4.39 Å². The molecule has 0 aliphatic heterocycles. The van der Waals surface area contributed by atoms with Gasteiger partial charge >= 0.3 is 0 Å². The largest absolute Gasteiger partial charge is 0.207 e. The van der Waals surface area contributed by atoms with Crippen LogP contribution in [-0.4, -0.2) is 0 Å². The van der Waals surface area contributed by atoms with Crippen LogP contribution in [0.15, 0.2) is 30.3 Å². The number of hydrogen-bond donors (Lipinski definition) is 0. The van der Waals surface area contributed by atoms with Crippen LogP contribution in [0.3, 0.4) is 0 Å². The first-order valence-electron chi connectivity index (χ1n) is 5.98.